The first kappa shape index (κ1) is 41.4. The maximum absolute atomic E-state index is 5.59. The van der Waals surface area contributed by atoms with Crippen molar-refractivity contribution in [1.82, 2.24) is 14.5 Å². The Kier molecular flexibility index (Phi) is 10.3. The van der Waals surface area contributed by atoms with Crippen molar-refractivity contribution < 1.29 is 0 Å². The van der Waals surface area contributed by atoms with Gasteiger partial charge in [0.25, 0.3) is 0 Å². The molecule has 328 valence electrons. The lowest BCUT2D eigenvalue weighted by Gasteiger charge is -2.39. The molecule has 2 aromatic heterocycles. The average molecular weight is 909 g/mol. The van der Waals surface area contributed by atoms with E-state index in [1.54, 1.807) is 0 Å². The summed E-state index contributed by atoms with van der Waals surface area (Å²) in [5.41, 5.74) is 13.1. The molecule has 0 amide bonds. The predicted molar refractivity (Wildman–Crippen MR) is 296 cm³/mol. The third-order valence-corrected chi connectivity index (χ3v) is 19.0. The van der Waals surface area contributed by atoms with E-state index in [0.717, 1.165) is 50.0 Å². The van der Waals surface area contributed by atoms with Gasteiger partial charge in [0.05, 0.1) is 22.4 Å². The van der Waals surface area contributed by atoms with E-state index in [0.29, 0.717) is 5.95 Å². The van der Waals surface area contributed by atoms with Crippen LogP contribution in [-0.4, -0.2) is 29.5 Å². The fourth-order valence-electron chi connectivity index (χ4n) is 11.2. The fraction of sp³-hybridized carbons (Fsp3) is 0. The minimum atomic E-state index is -2.85. The quantitative estimate of drug-likeness (QED) is 0.107. The number of rotatable bonds is 9. The second-order valence-electron chi connectivity index (χ2n) is 18.1. The van der Waals surface area contributed by atoms with Crippen LogP contribution in [0.4, 0.5) is 11.4 Å². The molecule has 0 N–H and O–H groups in total. The number of aromatic nitrogens is 3. The monoisotopic (exact) mass is 908 g/mol. The Hall–Kier alpha value is -8.84. The molecule has 0 radical (unpaired) electrons. The topological polar surface area (TPSA) is 34.0 Å². The molecule has 0 spiro atoms. The summed E-state index contributed by atoms with van der Waals surface area (Å²) in [7, 11) is -2.85. The normalized spacial score (nSPS) is 12.2. The number of fused-ring (bicyclic) bond motifs is 6. The number of hydrogen-bond acceptors (Lipinski definition) is 3. The lowest BCUT2D eigenvalue weighted by molar-refractivity contribution is 0.995. The summed E-state index contributed by atoms with van der Waals surface area (Å²) in [6.07, 6.45) is 0. The molecule has 0 saturated heterocycles. The van der Waals surface area contributed by atoms with E-state index in [9.17, 15) is 0 Å². The molecule has 6 heteroatoms. The molecule has 0 aliphatic carbocycles. The number of nitrogens with zero attached hydrogens (tertiary/aromatic N) is 4. The van der Waals surface area contributed by atoms with Crippen LogP contribution >= 0.6 is 0 Å². The summed E-state index contributed by atoms with van der Waals surface area (Å²) in [5.74, 6) is 0.623. The lowest BCUT2D eigenvalue weighted by Crippen LogP contribution is -2.74. The van der Waals surface area contributed by atoms with Crippen LogP contribution in [0.3, 0.4) is 0 Å². The van der Waals surface area contributed by atoms with Gasteiger partial charge in [0.2, 0.25) is 5.95 Å². The van der Waals surface area contributed by atoms with Crippen LogP contribution in [0.1, 0.15) is 0 Å². The van der Waals surface area contributed by atoms with Gasteiger partial charge in [-0.25, -0.2) is 9.97 Å². The van der Waals surface area contributed by atoms with Crippen molar-refractivity contribution in [2.24, 2.45) is 0 Å². The first-order valence-electron chi connectivity index (χ1n) is 24.0. The van der Waals surface area contributed by atoms with E-state index < -0.39 is 8.07 Å². The summed E-state index contributed by atoms with van der Waals surface area (Å²) in [6, 6.07) is 99.4. The number of hydrogen-bond donors (Lipinski definition) is 0. The largest absolute Gasteiger partial charge is 0.376 e. The van der Waals surface area contributed by atoms with Crippen molar-refractivity contribution >= 4 is 79.8 Å². The molecule has 0 unspecified atom stereocenters. The number of benzene rings is 10. The molecule has 3 heterocycles. The molecule has 4 nitrogen and oxygen atoms in total. The Bertz CT molecular complexity index is 3710. The Morgan fingerprint density at radius 2 is 0.829 bits per heavy atom. The second kappa shape index (κ2) is 17.4. The first-order valence-corrected chi connectivity index (χ1v) is 26.0. The molecule has 13 rings (SSSR count). The molecular weight excluding hydrogens is 864 g/mol. The molecule has 1 aliphatic rings. The van der Waals surface area contributed by atoms with Crippen LogP contribution in [0, 0.1) is 0 Å². The molecule has 0 bridgehead atoms. The zero-order chi connectivity index (χ0) is 46.4. The molecule has 1 aliphatic heterocycles. The van der Waals surface area contributed by atoms with Gasteiger partial charge in [-0.15, -0.1) is 0 Å². The predicted octanol–water partition coefficient (Wildman–Crippen LogP) is 11.2. The van der Waals surface area contributed by atoms with Gasteiger partial charge in [0, 0.05) is 38.8 Å². The van der Waals surface area contributed by atoms with Crippen LogP contribution in [0.2, 0.25) is 0 Å². The highest BCUT2D eigenvalue weighted by Gasteiger charge is 2.42. The third kappa shape index (κ3) is 6.83. The van der Waals surface area contributed by atoms with E-state index >= 15 is 0 Å². The van der Waals surface area contributed by atoms with Gasteiger partial charge in [-0.05, 0) is 68.2 Å². The van der Waals surface area contributed by atoms with Crippen LogP contribution in [0.15, 0.2) is 273 Å². The van der Waals surface area contributed by atoms with E-state index in [4.69, 9.17) is 9.97 Å². The Balaban J connectivity index is 1.04. The van der Waals surface area contributed by atoms with E-state index in [1.807, 2.05) is 0 Å². The molecular formula is C64H45BN4Si. The zero-order valence-corrected chi connectivity index (χ0v) is 39.3. The summed E-state index contributed by atoms with van der Waals surface area (Å²) < 4.78 is 2.24. The van der Waals surface area contributed by atoms with Crippen LogP contribution in [0.25, 0.3) is 61.4 Å². The van der Waals surface area contributed by atoms with Crippen LogP contribution in [0.5, 0.6) is 0 Å². The fourth-order valence-corrected chi connectivity index (χ4v) is 16.0. The third-order valence-electron chi connectivity index (χ3n) is 14.2. The van der Waals surface area contributed by atoms with Gasteiger partial charge in [0.1, 0.15) is 0 Å². The summed E-state index contributed by atoms with van der Waals surface area (Å²) >= 11 is 0. The van der Waals surface area contributed by atoms with Gasteiger partial charge in [0.15, 0.2) is 8.07 Å². The molecule has 12 aromatic rings. The van der Waals surface area contributed by atoms with Gasteiger partial charge in [-0.3, -0.25) is 4.57 Å². The maximum Gasteiger partial charge on any atom is 0.328 e. The number of anilines is 2. The van der Waals surface area contributed by atoms with Gasteiger partial charge >= 0.3 is 6.85 Å². The summed E-state index contributed by atoms with van der Waals surface area (Å²) in [6.45, 7) is -0.0531. The highest BCUT2D eigenvalue weighted by atomic mass is 28.3. The highest BCUT2D eigenvalue weighted by Crippen LogP contribution is 2.41. The van der Waals surface area contributed by atoms with Gasteiger partial charge < -0.3 is 4.81 Å². The first-order chi connectivity index (χ1) is 34.7. The van der Waals surface area contributed by atoms with Crippen molar-refractivity contribution in [3.05, 3.63) is 273 Å². The Morgan fingerprint density at radius 1 is 0.357 bits per heavy atom. The summed E-state index contributed by atoms with van der Waals surface area (Å²) in [5, 5.41) is 7.59. The van der Waals surface area contributed by atoms with Crippen molar-refractivity contribution in [2.45, 2.75) is 0 Å². The highest BCUT2D eigenvalue weighted by molar-refractivity contribution is 7.20. The Morgan fingerprint density at radius 3 is 1.44 bits per heavy atom. The zero-order valence-electron chi connectivity index (χ0n) is 38.3. The van der Waals surface area contributed by atoms with Crippen molar-refractivity contribution in [3.63, 3.8) is 0 Å². The van der Waals surface area contributed by atoms with Crippen LogP contribution < -0.4 is 36.5 Å². The Labute approximate surface area is 409 Å². The lowest BCUT2D eigenvalue weighted by atomic mass is 9.46. The molecule has 10 aromatic carbocycles. The second-order valence-corrected chi connectivity index (χ2v) is 21.9. The smallest absolute Gasteiger partial charge is 0.328 e. The molecule has 0 saturated carbocycles. The SMILES string of the molecule is c1ccc(B2c3ccccc3-c3ccccc3N2c2cccc(-c3cc(-c4cccc([Si](c5ccccc5)(c5ccccc5)c5ccccc5)c4)nc(-n4c5ccccc5c5ccccc54)n3)c2)cc1. The van der Waals surface area contributed by atoms with E-state index in [2.05, 4.69) is 282 Å². The minimum absolute atomic E-state index is 0.0531. The average Bonchev–Trinajstić information content (AvgIpc) is 3.78. The van der Waals surface area contributed by atoms with Crippen LogP contribution in [-0.2, 0) is 0 Å². The maximum atomic E-state index is 5.59. The standard InChI is InChI=1S/C64H45BN4Si/c1-5-25-48(26-6-1)65-58-39-17-13-35-54(58)55-36-16-20-42-63(55)69(65)49-27-21-23-46(43-49)59-45-60(67-64(66-59)68-61-40-18-14-37-56(61)57-38-15-19-41-62(57)68)47-24-22-34-53(44-47)70(50-28-7-2-8-29-50,51-30-9-3-10-31-51)52-32-11-4-12-33-52/h1-45H. The summed E-state index contributed by atoms with van der Waals surface area (Å²) in [4.78, 5) is 13.7. The van der Waals surface area contributed by atoms with Crippen molar-refractivity contribution in [3.8, 4) is 39.6 Å². The minimum Gasteiger partial charge on any atom is -0.376 e. The van der Waals surface area contributed by atoms with Crippen molar-refractivity contribution in [1.29, 1.82) is 0 Å². The van der Waals surface area contributed by atoms with Gasteiger partial charge in [-0.1, -0.05) is 242 Å². The number of para-hydroxylation sites is 3. The van der Waals surface area contributed by atoms with Crippen molar-refractivity contribution in [2.75, 3.05) is 4.81 Å². The van der Waals surface area contributed by atoms with E-state index in [-0.39, 0.29) is 6.85 Å². The molecule has 70 heavy (non-hydrogen) atoms. The van der Waals surface area contributed by atoms with Gasteiger partial charge in [-0.2, -0.15) is 0 Å². The molecule has 0 fully saturated rings. The van der Waals surface area contributed by atoms with E-state index in [1.165, 1.54) is 48.5 Å². The molecule has 0 atom stereocenters.